The number of amides is 1. The molecule has 1 heterocycles. The Morgan fingerprint density at radius 2 is 1.83 bits per heavy atom. The topological polar surface area (TPSA) is 91.8 Å². The van der Waals surface area contributed by atoms with Gasteiger partial charge in [0, 0.05) is 25.6 Å². The highest BCUT2D eigenvalue weighted by molar-refractivity contribution is 7.18. The van der Waals surface area contributed by atoms with E-state index in [0.717, 1.165) is 41.7 Å². The summed E-state index contributed by atoms with van der Waals surface area (Å²) in [7, 11) is 1.84. The molecule has 0 radical (unpaired) electrons. The van der Waals surface area contributed by atoms with Crippen molar-refractivity contribution in [2.75, 3.05) is 25.5 Å². The van der Waals surface area contributed by atoms with Gasteiger partial charge in [0.1, 0.15) is 18.4 Å². The van der Waals surface area contributed by atoms with Gasteiger partial charge in [-0.25, -0.2) is 9.78 Å². The van der Waals surface area contributed by atoms with E-state index in [9.17, 15) is 14.7 Å². The third-order valence-corrected chi connectivity index (χ3v) is 7.53. The van der Waals surface area contributed by atoms with Crippen molar-refractivity contribution in [2.24, 2.45) is 5.92 Å². The average Bonchev–Trinajstić information content (AvgIpc) is 3.38. The number of carboxylic acids is 1. The summed E-state index contributed by atoms with van der Waals surface area (Å²) in [6.07, 6.45) is 7.58. The van der Waals surface area contributed by atoms with Gasteiger partial charge in [-0.3, -0.25) is 4.79 Å². The Bertz CT molecular complexity index is 1130. The maximum absolute atomic E-state index is 12.6. The van der Waals surface area contributed by atoms with Crippen LogP contribution in [0.1, 0.15) is 37.7 Å². The molecule has 7 nitrogen and oxygen atoms in total. The number of ether oxygens (including phenoxy) is 1. The van der Waals surface area contributed by atoms with Gasteiger partial charge in [0.15, 0.2) is 5.13 Å². The van der Waals surface area contributed by atoms with Crippen LogP contribution in [0.5, 0.6) is 5.75 Å². The maximum atomic E-state index is 12.6. The van der Waals surface area contributed by atoms with E-state index in [-0.39, 0.29) is 11.8 Å². The zero-order valence-corrected chi connectivity index (χ0v) is 21.4. The molecule has 1 amide bonds. The number of carbonyl (C=O) groups excluding carboxylic acids is 1. The summed E-state index contributed by atoms with van der Waals surface area (Å²) in [5.41, 5.74) is 1.93. The smallest absolute Gasteiger partial charge is 0.326 e. The zero-order valence-electron chi connectivity index (χ0n) is 20.6. The second kappa shape index (κ2) is 12.5. The first-order chi connectivity index (χ1) is 17.5. The van der Waals surface area contributed by atoms with Gasteiger partial charge in [-0.2, -0.15) is 0 Å². The lowest BCUT2D eigenvalue weighted by atomic mass is 9.88. The second-order valence-electron chi connectivity index (χ2n) is 9.22. The highest BCUT2D eigenvalue weighted by Gasteiger charge is 2.24. The SMILES string of the molecule is CN(CCOc1ccc(C[C@H](Nc2ncc(-c3ccccc3)s2)C(=O)O)cc1)C(=O)C1CCCCC1. The molecule has 2 aromatic carbocycles. The molecule has 1 aliphatic carbocycles. The van der Waals surface area contributed by atoms with Crippen molar-refractivity contribution >= 4 is 28.3 Å². The minimum Gasteiger partial charge on any atom is -0.492 e. The number of carboxylic acid groups (broad SMARTS) is 1. The fourth-order valence-electron chi connectivity index (χ4n) is 4.46. The van der Waals surface area contributed by atoms with Crippen LogP contribution < -0.4 is 10.1 Å². The van der Waals surface area contributed by atoms with E-state index in [0.29, 0.717) is 30.5 Å². The third kappa shape index (κ3) is 7.07. The van der Waals surface area contributed by atoms with Crippen molar-refractivity contribution < 1.29 is 19.4 Å². The molecule has 0 spiro atoms. The number of likely N-dealkylation sites (N-methyl/N-ethyl adjacent to an activating group) is 1. The molecule has 0 saturated heterocycles. The molecule has 1 atom stereocenters. The van der Waals surface area contributed by atoms with Crippen molar-refractivity contribution in [1.29, 1.82) is 0 Å². The normalized spacial score (nSPS) is 14.7. The summed E-state index contributed by atoms with van der Waals surface area (Å²) >= 11 is 1.43. The van der Waals surface area contributed by atoms with Crippen LogP contribution in [0.25, 0.3) is 10.4 Å². The molecule has 2 N–H and O–H groups in total. The number of aromatic nitrogens is 1. The van der Waals surface area contributed by atoms with Gasteiger partial charge in [-0.1, -0.05) is 73.1 Å². The van der Waals surface area contributed by atoms with E-state index in [1.54, 1.807) is 11.1 Å². The fourth-order valence-corrected chi connectivity index (χ4v) is 5.33. The summed E-state index contributed by atoms with van der Waals surface area (Å²) < 4.78 is 5.83. The predicted molar refractivity (Wildman–Crippen MR) is 142 cm³/mol. The molecule has 190 valence electrons. The van der Waals surface area contributed by atoms with Crippen LogP contribution in [0.15, 0.2) is 60.8 Å². The first-order valence-corrected chi connectivity index (χ1v) is 13.3. The molecule has 0 bridgehead atoms. The lowest BCUT2D eigenvalue weighted by Crippen LogP contribution is -2.36. The lowest BCUT2D eigenvalue weighted by molar-refractivity contribution is -0.138. The Balaban J connectivity index is 1.26. The van der Waals surface area contributed by atoms with E-state index in [1.165, 1.54) is 17.8 Å². The van der Waals surface area contributed by atoms with Gasteiger partial charge in [-0.15, -0.1) is 0 Å². The van der Waals surface area contributed by atoms with Crippen molar-refractivity contribution in [3.8, 4) is 16.2 Å². The van der Waals surface area contributed by atoms with E-state index >= 15 is 0 Å². The first kappa shape index (κ1) is 25.7. The van der Waals surface area contributed by atoms with Crippen molar-refractivity contribution in [3.05, 3.63) is 66.4 Å². The lowest BCUT2D eigenvalue weighted by Gasteiger charge is -2.26. The van der Waals surface area contributed by atoms with E-state index < -0.39 is 12.0 Å². The van der Waals surface area contributed by atoms with E-state index in [1.807, 2.05) is 61.6 Å². The summed E-state index contributed by atoms with van der Waals surface area (Å²) in [6.45, 7) is 0.961. The van der Waals surface area contributed by atoms with Crippen LogP contribution in [0.4, 0.5) is 5.13 Å². The molecule has 1 aromatic heterocycles. The number of aliphatic carboxylic acids is 1. The Labute approximate surface area is 216 Å². The largest absolute Gasteiger partial charge is 0.492 e. The number of nitrogens with zero attached hydrogens (tertiary/aromatic N) is 2. The Hall–Kier alpha value is -3.39. The van der Waals surface area contributed by atoms with Crippen LogP contribution in [0, 0.1) is 5.92 Å². The van der Waals surface area contributed by atoms with Crippen molar-refractivity contribution in [2.45, 2.75) is 44.6 Å². The van der Waals surface area contributed by atoms with Gasteiger partial charge in [0.2, 0.25) is 5.91 Å². The number of nitrogens with one attached hydrogen (secondary N) is 1. The quantitative estimate of drug-likeness (QED) is 0.364. The number of rotatable bonds is 11. The summed E-state index contributed by atoms with van der Waals surface area (Å²) in [6, 6.07) is 16.5. The van der Waals surface area contributed by atoms with Crippen LogP contribution in [0.2, 0.25) is 0 Å². The van der Waals surface area contributed by atoms with Gasteiger partial charge in [0.25, 0.3) is 0 Å². The summed E-state index contributed by atoms with van der Waals surface area (Å²) in [5, 5.41) is 13.4. The summed E-state index contributed by atoms with van der Waals surface area (Å²) in [4.78, 5) is 31.6. The number of carbonyl (C=O) groups is 2. The number of hydrogen-bond acceptors (Lipinski definition) is 6. The molecule has 4 rings (SSSR count). The van der Waals surface area contributed by atoms with Gasteiger partial charge < -0.3 is 20.1 Å². The van der Waals surface area contributed by atoms with Crippen LogP contribution >= 0.6 is 11.3 Å². The number of hydrogen-bond donors (Lipinski definition) is 2. The minimum atomic E-state index is -0.933. The molecule has 3 aromatic rings. The highest BCUT2D eigenvalue weighted by Crippen LogP contribution is 2.29. The predicted octanol–water partition coefficient (Wildman–Crippen LogP) is 5.34. The minimum absolute atomic E-state index is 0.160. The second-order valence-corrected chi connectivity index (χ2v) is 10.3. The zero-order chi connectivity index (χ0) is 25.3. The Morgan fingerprint density at radius 1 is 1.11 bits per heavy atom. The van der Waals surface area contributed by atoms with E-state index in [2.05, 4.69) is 10.3 Å². The standard InChI is InChI=1S/C28H33N3O4S/c1-31(26(32)22-10-6-3-7-11-22)16-17-35-23-14-12-20(13-15-23)18-24(27(33)34)30-28-29-19-25(36-28)21-8-4-2-5-9-21/h2,4-5,8-9,12-15,19,22,24H,3,6-7,10-11,16-18H2,1H3,(H,29,30)(H,33,34)/t24-/m0/s1. The van der Waals surface area contributed by atoms with Gasteiger partial charge >= 0.3 is 5.97 Å². The molecular formula is C28H33N3O4S. The highest BCUT2D eigenvalue weighted by atomic mass is 32.1. The van der Waals surface area contributed by atoms with Crippen LogP contribution in [0.3, 0.4) is 0 Å². The Morgan fingerprint density at radius 3 is 2.53 bits per heavy atom. The fraction of sp³-hybridized carbons (Fsp3) is 0.393. The van der Waals surface area contributed by atoms with Gasteiger partial charge in [0.05, 0.1) is 11.4 Å². The Kier molecular flexibility index (Phi) is 8.95. The molecular weight excluding hydrogens is 474 g/mol. The maximum Gasteiger partial charge on any atom is 0.326 e. The molecule has 8 heteroatoms. The molecule has 1 saturated carbocycles. The molecule has 0 unspecified atom stereocenters. The molecule has 1 fully saturated rings. The average molecular weight is 508 g/mol. The first-order valence-electron chi connectivity index (χ1n) is 12.5. The van der Waals surface area contributed by atoms with E-state index in [4.69, 9.17) is 4.74 Å². The van der Waals surface area contributed by atoms with Crippen molar-refractivity contribution in [3.63, 3.8) is 0 Å². The van der Waals surface area contributed by atoms with Crippen molar-refractivity contribution in [1.82, 2.24) is 9.88 Å². The third-order valence-electron chi connectivity index (χ3n) is 6.55. The molecule has 36 heavy (non-hydrogen) atoms. The van der Waals surface area contributed by atoms with Crippen LogP contribution in [-0.4, -0.2) is 53.1 Å². The molecule has 1 aliphatic rings. The monoisotopic (exact) mass is 507 g/mol. The van der Waals surface area contributed by atoms with Crippen LogP contribution in [-0.2, 0) is 16.0 Å². The van der Waals surface area contributed by atoms with Gasteiger partial charge in [-0.05, 0) is 36.1 Å². The molecule has 0 aliphatic heterocycles. The number of thiazole rings is 1. The summed E-state index contributed by atoms with van der Waals surface area (Å²) in [5.74, 6) is 0.145. The number of anilines is 1. The number of benzene rings is 2.